The molecule has 26 heavy (non-hydrogen) atoms. The molecule has 3 rings (SSSR count). The number of carbonyl (C=O) groups is 1. The molecule has 0 aromatic carbocycles. The minimum Gasteiger partial charge on any atom is -0.501 e. The van der Waals surface area contributed by atoms with Gasteiger partial charge in [-0.15, -0.1) is 0 Å². The third-order valence-electron chi connectivity index (χ3n) is 4.39. The zero-order chi connectivity index (χ0) is 19.1. The predicted molar refractivity (Wildman–Crippen MR) is 92.9 cm³/mol. The number of nitrogens with one attached hydrogen (secondary N) is 1. The van der Waals surface area contributed by atoms with Crippen LogP contribution >= 0.6 is 0 Å². The Morgan fingerprint density at radius 2 is 2.19 bits per heavy atom. The summed E-state index contributed by atoms with van der Waals surface area (Å²) in [7, 11) is 0. The molecule has 0 fully saturated rings. The largest absolute Gasteiger partial charge is 0.501 e. The summed E-state index contributed by atoms with van der Waals surface area (Å²) < 4.78 is 8.77. The van der Waals surface area contributed by atoms with Gasteiger partial charge in [-0.05, 0) is 33.8 Å². The Labute approximate surface area is 150 Å². The van der Waals surface area contributed by atoms with Gasteiger partial charge in [0, 0.05) is 6.54 Å². The number of hydrogen-bond acceptors (Lipinski definition) is 6. The van der Waals surface area contributed by atoms with E-state index >= 15 is 0 Å². The summed E-state index contributed by atoms with van der Waals surface area (Å²) >= 11 is 0. The van der Waals surface area contributed by atoms with Crippen LogP contribution in [0.15, 0.2) is 10.9 Å². The number of rotatable bonds is 4. The zero-order valence-corrected chi connectivity index (χ0v) is 15.4. The van der Waals surface area contributed by atoms with Crippen molar-refractivity contribution >= 4 is 5.91 Å². The van der Waals surface area contributed by atoms with Crippen molar-refractivity contribution in [3.05, 3.63) is 39.3 Å². The molecular formula is C17H23N5O4. The van der Waals surface area contributed by atoms with Gasteiger partial charge in [0.2, 0.25) is 5.75 Å². The molecule has 0 bridgehead atoms. The number of aryl methyl sites for hydroxylation is 2. The van der Waals surface area contributed by atoms with E-state index in [9.17, 15) is 14.7 Å². The van der Waals surface area contributed by atoms with Gasteiger partial charge in [-0.1, -0.05) is 0 Å². The molecule has 1 aliphatic rings. The van der Waals surface area contributed by atoms with E-state index in [0.717, 1.165) is 11.4 Å². The Morgan fingerprint density at radius 3 is 2.88 bits per heavy atom. The van der Waals surface area contributed by atoms with Gasteiger partial charge in [-0.3, -0.25) is 18.8 Å². The fourth-order valence-corrected chi connectivity index (χ4v) is 3.10. The molecule has 140 valence electrons. The van der Waals surface area contributed by atoms with Gasteiger partial charge in [-0.2, -0.15) is 5.10 Å². The molecule has 1 amide bonds. The van der Waals surface area contributed by atoms with Gasteiger partial charge < -0.3 is 15.2 Å². The fourth-order valence-electron chi connectivity index (χ4n) is 3.10. The third-order valence-corrected chi connectivity index (χ3v) is 4.39. The SMILES string of the molecule is CCn1nc(C)cc1CNC(=O)c1nc2n(c(=O)c1O)CCOC2(C)C. The molecule has 9 heteroatoms. The van der Waals surface area contributed by atoms with Crippen LogP contribution in [0.4, 0.5) is 0 Å². The van der Waals surface area contributed by atoms with Crippen molar-refractivity contribution in [3.63, 3.8) is 0 Å². The number of aromatic hydroxyl groups is 1. The van der Waals surface area contributed by atoms with Crippen LogP contribution < -0.4 is 10.9 Å². The van der Waals surface area contributed by atoms with E-state index in [4.69, 9.17) is 4.74 Å². The van der Waals surface area contributed by atoms with Crippen molar-refractivity contribution in [2.24, 2.45) is 0 Å². The first-order valence-electron chi connectivity index (χ1n) is 8.54. The molecule has 2 N–H and O–H groups in total. The van der Waals surface area contributed by atoms with E-state index in [0.29, 0.717) is 19.0 Å². The second kappa shape index (κ2) is 6.56. The van der Waals surface area contributed by atoms with Crippen LogP contribution in [0.3, 0.4) is 0 Å². The molecule has 0 radical (unpaired) electrons. The minimum absolute atomic E-state index is 0.215. The van der Waals surface area contributed by atoms with E-state index in [1.54, 1.807) is 18.5 Å². The zero-order valence-electron chi connectivity index (χ0n) is 15.4. The first kappa shape index (κ1) is 18.1. The highest BCUT2D eigenvalue weighted by atomic mass is 16.5. The Kier molecular flexibility index (Phi) is 4.57. The van der Waals surface area contributed by atoms with Crippen molar-refractivity contribution in [2.75, 3.05) is 6.61 Å². The number of nitrogens with zero attached hydrogens (tertiary/aromatic N) is 4. The second-order valence-electron chi connectivity index (χ2n) is 6.72. The van der Waals surface area contributed by atoms with Gasteiger partial charge in [0.1, 0.15) is 11.4 Å². The van der Waals surface area contributed by atoms with Gasteiger partial charge >= 0.3 is 0 Å². The lowest BCUT2D eigenvalue weighted by Crippen LogP contribution is -2.42. The number of ether oxygens (including phenoxy) is 1. The van der Waals surface area contributed by atoms with Crippen LogP contribution in [0.1, 0.15) is 48.5 Å². The highest BCUT2D eigenvalue weighted by Crippen LogP contribution is 2.27. The molecule has 9 nitrogen and oxygen atoms in total. The van der Waals surface area contributed by atoms with E-state index in [2.05, 4.69) is 15.4 Å². The summed E-state index contributed by atoms with van der Waals surface area (Å²) in [5, 5.41) is 17.2. The lowest BCUT2D eigenvalue weighted by molar-refractivity contribution is -0.0566. The number of hydrogen-bond donors (Lipinski definition) is 2. The molecule has 1 aliphatic heterocycles. The van der Waals surface area contributed by atoms with Crippen LogP contribution in [0.5, 0.6) is 5.75 Å². The van der Waals surface area contributed by atoms with Gasteiger partial charge in [0.15, 0.2) is 5.69 Å². The molecule has 0 aliphatic carbocycles. The van der Waals surface area contributed by atoms with E-state index < -0.39 is 22.8 Å². The summed E-state index contributed by atoms with van der Waals surface area (Å²) in [6.07, 6.45) is 0. The third kappa shape index (κ3) is 3.10. The average Bonchev–Trinajstić information content (AvgIpc) is 2.95. The van der Waals surface area contributed by atoms with Crippen LogP contribution in [0.2, 0.25) is 0 Å². The average molecular weight is 361 g/mol. The summed E-state index contributed by atoms with van der Waals surface area (Å²) in [6, 6.07) is 1.87. The Bertz CT molecular complexity index is 913. The first-order chi connectivity index (χ1) is 12.2. The lowest BCUT2D eigenvalue weighted by Gasteiger charge is -2.32. The van der Waals surface area contributed by atoms with Crippen molar-refractivity contribution in [3.8, 4) is 5.75 Å². The normalized spacial score (nSPS) is 15.5. The second-order valence-corrected chi connectivity index (χ2v) is 6.72. The molecular weight excluding hydrogens is 338 g/mol. The highest BCUT2D eigenvalue weighted by Gasteiger charge is 2.34. The summed E-state index contributed by atoms with van der Waals surface area (Å²) in [5.41, 5.74) is -0.0674. The Balaban J connectivity index is 1.90. The minimum atomic E-state index is -0.821. The number of fused-ring (bicyclic) bond motifs is 1. The maximum atomic E-state index is 12.5. The molecule has 0 atom stereocenters. The Morgan fingerprint density at radius 1 is 1.46 bits per heavy atom. The molecule has 3 heterocycles. The molecule has 2 aromatic heterocycles. The highest BCUT2D eigenvalue weighted by molar-refractivity contribution is 5.94. The fraction of sp³-hybridized carbons (Fsp3) is 0.529. The van der Waals surface area contributed by atoms with Crippen molar-refractivity contribution in [2.45, 2.75) is 52.9 Å². The predicted octanol–water partition coefficient (Wildman–Crippen LogP) is 0.669. The number of carbonyl (C=O) groups excluding carboxylic acids is 1. The molecule has 0 saturated heterocycles. The molecule has 2 aromatic rings. The maximum absolute atomic E-state index is 12.5. The Hall–Kier alpha value is -2.68. The topological polar surface area (TPSA) is 111 Å². The summed E-state index contributed by atoms with van der Waals surface area (Å²) in [6.45, 7) is 8.88. The van der Waals surface area contributed by atoms with Crippen LogP contribution in [0.25, 0.3) is 0 Å². The van der Waals surface area contributed by atoms with Gasteiger partial charge in [0.25, 0.3) is 11.5 Å². The van der Waals surface area contributed by atoms with Crippen molar-refractivity contribution in [1.29, 1.82) is 0 Å². The van der Waals surface area contributed by atoms with Crippen LogP contribution in [0, 0.1) is 6.92 Å². The summed E-state index contributed by atoms with van der Waals surface area (Å²) in [5.74, 6) is -0.943. The van der Waals surface area contributed by atoms with E-state index in [1.807, 2.05) is 19.9 Å². The van der Waals surface area contributed by atoms with Crippen molar-refractivity contribution < 1.29 is 14.6 Å². The molecule has 0 saturated carbocycles. The quantitative estimate of drug-likeness (QED) is 0.828. The van der Waals surface area contributed by atoms with Crippen molar-refractivity contribution in [1.82, 2.24) is 24.6 Å². The molecule has 0 spiro atoms. The van der Waals surface area contributed by atoms with Crippen LogP contribution in [-0.2, 0) is 30.0 Å². The maximum Gasteiger partial charge on any atom is 0.296 e. The first-order valence-corrected chi connectivity index (χ1v) is 8.54. The standard InChI is InChI=1S/C17H23N5O4/c1-5-22-11(8-10(2)20-22)9-18-14(24)12-13(23)15(25)21-6-7-26-17(3,4)16(21)19-12/h8,23H,5-7,9H2,1-4H3,(H,18,24). The van der Waals surface area contributed by atoms with E-state index in [1.165, 1.54) is 4.57 Å². The van der Waals surface area contributed by atoms with Gasteiger partial charge in [0.05, 0.1) is 31.1 Å². The lowest BCUT2D eigenvalue weighted by atomic mass is 10.1. The smallest absolute Gasteiger partial charge is 0.296 e. The number of amides is 1. The monoisotopic (exact) mass is 361 g/mol. The number of aromatic nitrogens is 4. The summed E-state index contributed by atoms with van der Waals surface area (Å²) in [4.78, 5) is 29.2. The van der Waals surface area contributed by atoms with E-state index in [-0.39, 0.29) is 18.8 Å². The van der Waals surface area contributed by atoms with Crippen LogP contribution in [-0.4, -0.2) is 37.0 Å². The van der Waals surface area contributed by atoms with Gasteiger partial charge in [-0.25, -0.2) is 4.98 Å². The molecule has 0 unspecified atom stereocenters.